The van der Waals surface area contributed by atoms with Gasteiger partial charge >= 0.3 is 0 Å². The number of carbonyl (C=O) groups excluding carboxylic acids is 1. The van der Waals surface area contributed by atoms with Crippen molar-refractivity contribution >= 4 is 17.3 Å². The molecule has 0 fully saturated rings. The Morgan fingerprint density at radius 1 is 1.50 bits per heavy atom. The third kappa shape index (κ3) is 3.72. The molecule has 1 aromatic rings. The first-order valence-corrected chi connectivity index (χ1v) is 6.32. The molecule has 0 aliphatic rings. The Hall–Kier alpha value is -2.55. The summed E-state index contributed by atoms with van der Waals surface area (Å²) in [4.78, 5) is 22.2. The number of amides is 1. The molecule has 2 N–H and O–H groups in total. The van der Waals surface area contributed by atoms with Crippen molar-refractivity contribution in [3.8, 4) is 12.3 Å². The monoisotopic (exact) mass is 275 g/mol. The minimum absolute atomic E-state index is 0.105. The van der Waals surface area contributed by atoms with Crippen LogP contribution in [0.15, 0.2) is 18.2 Å². The molecule has 0 aliphatic carbocycles. The Labute approximate surface area is 117 Å². The second-order valence-corrected chi connectivity index (χ2v) is 4.12. The molecule has 106 valence electrons. The van der Waals surface area contributed by atoms with E-state index in [2.05, 4.69) is 16.6 Å². The molecular formula is C14H17N3O3. The van der Waals surface area contributed by atoms with Crippen LogP contribution in [-0.2, 0) is 0 Å². The molecule has 1 amide bonds. The molecule has 6 heteroatoms. The molecule has 1 rings (SSSR count). The molecule has 0 radical (unpaired) electrons. The number of nitrogens with zero attached hydrogens (tertiary/aromatic N) is 1. The van der Waals surface area contributed by atoms with Crippen LogP contribution >= 0.6 is 0 Å². The summed E-state index contributed by atoms with van der Waals surface area (Å²) in [6, 6.07) is 3.85. The van der Waals surface area contributed by atoms with Crippen LogP contribution in [0.2, 0.25) is 0 Å². The average molecular weight is 275 g/mol. The lowest BCUT2D eigenvalue weighted by Gasteiger charge is -2.13. The van der Waals surface area contributed by atoms with Crippen molar-refractivity contribution in [2.75, 3.05) is 11.9 Å². The third-order valence-electron chi connectivity index (χ3n) is 2.73. The number of nitro groups is 1. The van der Waals surface area contributed by atoms with Crippen LogP contribution in [0.1, 0.15) is 30.6 Å². The van der Waals surface area contributed by atoms with Gasteiger partial charge in [0.15, 0.2) is 0 Å². The third-order valence-corrected chi connectivity index (χ3v) is 2.73. The molecule has 0 aliphatic heterocycles. The highest BCUT2D eigenvalue weighted by atomic mass is 16.6. The zero-order valence-electron chi connectivity index (χ0n) is 11.5. The molecular weight excluding hydrogens is 258 g/mol. The van der Waals surface area contributed by atoms with Gasteiger partial charge in [0.2, 0.25) is 0 Å². The van der Waals surface area contributed by atoms with E-state index < -0.39 is 4.92 Å². The topological polar surface area (TPSA) is 84.3 Å². The van der Waals surface area contributed by atoms with Crippen molar-refractivity contribution in [1.29, 1.82) is 0 Å². The number of rotatable bonds is 6. The standard InChI is InChI=1S/C14H17N3O3/c1-4-11(5-2)16-12-9-10(14(18)15-6-3)7-8-13(12)17(19)20/h1,7-9,11,16H,5-6H2,2-3H3,(H,15,18). The number of anilines is 1. The highest BCUT2D eigenvalue weighted by molar-refractivity contribution is 5.95. The molecule has 0 aromatic heterocycles. The number of nitrogens with one attached hydrogen (secondary N) is 2. The van der Waals surface area contributed by atoms with Gasteiger partial charge in [0.25, 0.3) is 11.6 Å². The molecule has 1 atom stereocenters. The molecule has 0 heterocycles. The molecule has 6 nitrogen and oxygen atoms in total. The van der Waals surface area contributed by atoms with Gasteiger partial charge in [0.1, 0.15) is 5.69 Å². The smallest absolute Gasteiger partial charge is 0.292 e. The lowest BCUT2D eigenvalue weighted by Crippen LogP contribution is -2.23. The Morgan fingerprint density at radius 2 is 2.20 bits per heavy atom. The predicted octanol–water partition coefficient (Wildman–Crippen LogP) is 2.17. The van der Waals surface area contributed by atoms with Gasteiger partial charge in [0, 0.05) is 18.2 Å². The number of nitro benzene ring substituents is 1. The summed E-state index contributed by atoms with van der Waals surface area (Å²) in [5, 5.41) is 16.6. The van der Waals surface area contributed by atoms with E-state index in [-0.39, 0.29) is 23.3 Å². The first-order valence-electron chi connectivity index (χ1n) is 6.32. The number of benzene rings is 1. The van der Waals surface area contributed by atoms with E-state index in [4.69, 9.17) is 6.42 Å². The van der Waals surface area contributed by atoms with Crippen LogP contribution in [0.25, 0.3) is 0 Å². The minimum Gasteiger partial charge on any atom is -0.366 e. The van der Waals surface area contributed by atoms with Gasteiger partial charge in [-0.15, -0.1) is 6.42 Å². The fraction of sp³-hybridized carbons (Fsp3) is 0.357. The van der Waals surface area contributed by atoms with Crippen molar-refractivity contribution in [3.05, 3.63) is 33.9 Å². The van der Waals surface area contributed by atoms with Crippen LogP contribution < -0.4 is 10.6 Å². The summed E-state index contributed by atoms with van der Waals surface area (Å²) in [6.07, 6.45) is 5.97. The second kappa shape index (κ2) is 7.14. The van der Waals surface area contributed by atoms with Gasteiger partial charge in [-0.1, -0.05) is 12.8 Å². The Bertz CT molecular complexity index is 549. The summed E-state index contributed by atoms with van der Waals surface area (Å²) >= 11 is 0. The van der Waals surface area contributed by atoms with E-state index in [9.17, 15) is 14.9 Å². The molecule has 0 bridgehead atoms. The zero-order valence-corrected chi connectivity index (χ0v) is 11.5. The Balaban J connectivity index is 3.15. The SMILES string of the molecule is C#CC(CC)Nc1cc(C(=O)NCC)ccc1[N+](=O)[O-]. The van der Waals surface area contributed by atoms with E-state index in [1.165, 1.54) is 18.2 Å². The molecule has 0 saturated carbocycles. The summed E-state index contributed by atoms with van der Waals surface area (Å²) < 4.78 is 0. The highest BCUT2D eigenvalue weighted by Gasteiger charge is 2.18. The molecule has 1 unspecified atom stereocenters. The van der Waals surface area contributed by atoms with Crippen molar-refractivity contribution in [2.45, 2.75) is 26.3 Å². The van der Waals surface area contributed by atoms with Crippen molar-refractivity contribution < 1.29 is 9.72 Å². The molecule has 1 aromatic carbocycles. The maximum atomic E-state index is 11.8. The van der Waals surface area contributed by atoms with Gasteiger partial charge in [-0.25, -0.2) is 0 Å². The van der Waals surface area contributed by atoms with Crippen LogP contribution in [0.4, 0.5) is 11.4 Å². The summed E-state index contributed by atoms with van der Waals surface area (Å²) in [5.74, 6) is 2.23. The van der Waals surface area contributed by atoms with E-state index >= 15 is 0 Å². The van der Waals surface area contributed by atoms with Gasteiger partial charge in [-0.3, -0.25) is 14.9 Å². The first-order chi connectivity index (χ1) is 9.53. The van der Waals surface area contributed by atoms with Crippen molar-refractivity contribution in [2.24, 2.45) is 0 Å². The normalized spacial score (nSPS) is 11.2. The van der Waals surface area contributed by atoms with Crippen LogP contribution in [0.5, 0.6) is 0 Å². The van der Waals surface area contributed by atoms with E-state index in [0.29, 0.717) is 18.5 Å². The summed E-state index contributed by atoms with van der Waals surface area (Å²) in [5.41, 5.74) is 0.502. The first kappa shape index (κ1) is 15.5. The largest absolute Gasteiger partial charge is 0.366 e. The minimum atomic E-state index is -0.507. The molecule has 20 heavy (non-hydrogen) atoms. The highest BCUT2D eigenvalue weighted by Crippen LogP contribution is 2.26. The number of hydrogen-bond acceptors (Lipinski definition) is 4. The number of terminal acetylenes is 1. The Kier molecular flexibility index (Phi) is 5.54. The average Bonchev–Trinajstić information content (AvgIpc) is 2.44. The van der Waals surface area contributed by atoms with Crippen LogP contribution in [0, 0.1) is 22.5 Å². The maximum absolute atomic E-state index is 11.8. The Morgan fingerprint density at radius 3 is 2.70 bits per heavy atom. The molecule has 0 spiro atoms. The van der Waals surface area contributed by atoms with Gasteiger partial charge in [-0.2, -0.15) is 0 Å². The second-order valence-electron chi connectivity index (χ2n) is 4.12. The lowest BCUT2D eigenvalue weighted by molar-refractivity contribution is -0.384. The van der Waals surface area contributed by atoms with Crippen molar-refractivity contribution in [3.63, 3.8) is 0 Å². The van der Waals surface area contributed by atoms with E-state index in [1.54, 1.807) is 6.92 Å². The van der Waals surface area contributed by atoms with Crippen LogP contribution in [0.3, 0.4) is 0 Å². The fourth-order valence-corrected chi connectivity index (χ4v) is 1.66. The fourth-order valence-electron chi connectivity index (χ4n) is 1.66. The van der Waals surface area contributed by atoms with Gasteiger partial charge in [-0.05, 0) is 25.5 Å². The summed E-state index contributed by atoms with van der Waals surface area (Å²) in [7, 11) is 0. The lowest BCUT2D eigenvalue weighted by atomic mass is 10.1. The number of carbonyl (C=O) groups is 1. The summed E-state index contributed by atoms with van der Waals surface area (Å²) in [6.45, 7) is 4.16. The van der Waals surface area contributed by atoms with Gasteiger partial charge < -0.3 is 10.6 Å². The van der Waals surface area contributed by atoms with Gasteiger partial charge in [0.05, 0.1) is 11.0 Å². The number of hydrogen-bond donors (Lipinski definition) is 2. The quantitative estimate of drug-likeness (QED) is 0.473. The predicted molar refractivity (Wildman–Crippen MR) is 77.6 cm³/mol. The molecule has 0 saturated heterocycles. The zero-order chi connectivity index (χ0) is 15.1. The van der Waals surface area contributed by atoms with Crippen LogP contribution in [-0.4, -0.2) is 23.4 Å². The van der Waals surface area contributed by atoms with Crippen molar-refractivity contribution in [1.82, 2.24) is 5.32 Å². The van der Waals surface area contributed by atoms with E-state index in [0.717, 1.165) is 0 Å². The maximum Gasteiger partial charge on any atom is 0.292 e. The van der Waals surface area contributed by atoms with E-state index in [1.807, 2.05) is 6.92 Å².